The molecule has 0 bridgehead atoms. The van der Waals surface area contributed by atoms with Crippen LogP contribution in [-0.2, 0) is 19.1 Å². The molecule has 0 aromatic rings. The van der Waals surface area contributed by atoms with E-state index in [9.17, 15) is 9.59 Å². The van der Waals surface area contributed by atoms with Crippen molar-refractivity contribution in [3.63, 3.8) is 0 Å². The highest BCUT2D eigenvalue weighted by atomic mass is 16.6. The van der Waals surface area contributed by atoms with Gasteiger partial charge in [0.25, 0.3) is 0 Å². The first kappa shape index (κ1) is 17.9. The van der Waals surface area contributed by atoms with E-state index in [4.69, 9.17) is 10.5 Å². The SMILES string of the molecule is COC(=O)CC[C@@H]([C@H](N)C(=O)OC(C)(C)C)N(C)C. The van der Waals surface area contributed by atoms with Gasteiger partial charge in [-0.15, -0.1) is 0 Å². The molecule has 6 heteroatoms. The number of hydrogen-bond donors (Lipinski definition) is 1. The van der Waals surface area contributed by atoms with Crippen LogP contribution >= 0.6 is 0 Å². The molecule has 2 atom stereocenters. The minimum atomic E-state index is -0.793. The Hall–Kier alpha value is -1.14. The van der Waals surface area contributed by atoms with E-state index in [1.807, 2.05) is 19.0 Å². The zero-order valence-electron chi connectivity index (χ0n) is 12.7. The standard InChI is InChI=1S/C13H26N2O4/c1-13(2,3)19-12(17)11(14)9(15(4)5)7-8-10(16)18-6/h9,11H,7-8,14H2,1-6H3/t9-,11-/m0/s1. The Morgan fingerprint density at radius 1 is 1.26 bits per heavy atom. The molecule has 0 amide bonds. The molecule has 0 aliphatic rings. The second-order valence-electron chi connectivity index (χ2n) is 5.71. The average Bonchev–Trinajstić information content (AvgIpc) is 2.25. The fourth-order valence-electron chi connectivity index (χ4n) is 1.65. The second kappa shape index (κ2) is 7.45. The third-order valence-corrected chi connectivity index (χ3v) is 2.63. The van der Waals surface area contributed by atoms with Gasteiger partial charge in [0.1, 0.15) is 11.6 Å². The van der Waals surface area contributed by atoms with E-state index in [1.54, 1.807) is 20.8 Å². The molecule has 0 saturated heterocycles. The zero-order valence-corrected chi connectivity index (χ0v) is 12.7. The van der Waals surface area contributed by atoms with E-state index in [1.165, 1.54) is 7.11 Å². The molecule has 112 valence electrons. The molecular formula is C13H26N2O4. The number of carbonyl (C=O) groups excluding carboxylic acids is 2. The molecule has 0 saturated carbocycles. The number of likely N-dealkylation sites (N-methyl/N-ethyl adjacent to an activating group) is 1. The highest BCUT2D eigenvalue weighted by Crippen LogP contribution is 2.13. The molecular weight excluding hydrogens is 248 g/mol. The van der Waals surface area contributed by atoms with Crippen LogP contribution < -0.4 is 5.73 Å². The van der Waals surface area contributed by atoms with E-state index in [-0.39, 0.29) is 18.4 Å². The van der Waals surface area contributed by atoms with Crippen LogP contribution in [0.5, 0.6) is 0 Å². The molecule has 6 nitrogen and oxygen atoms in total. The van der Waals surface area contributed by atoms with Crippen LogP contribution in [0, 0.1) is 0 Å². The summed E-state index contributed by atoms with van der Waals surface area (Å²) in [6, 6.07) is -1.06. The Morgan fingerprint density at radius 3 is 2.16 bits per heavy atom. The maximum atomic E-state index is 11.9. The largest absolute Gasteiger partial charge is 0.469 e. The van der Waals surface area contributed by atoms with Crippen molar-refractivity contribution in [2.45, 2.75) is 51.3 Å². The van der Waals surface area contributed by atoms with Crippen LogP contribution in [-0.4, -0.2) is 55.7 Å². The number of rotatable bonds is 6. The number of nitrogens with two attached hydrogens (primary N) is 1. The number of methoxy groups -OCH3 is 1. The normalized spacial score (nSPS) is 14.9. The first-order valence-corrected chi connectivity index (χ1v) is 6.30. The smallest absolute Gasteiger partial charge is 0.325 e. The van der Waals surface area contributed by atoms with Crippen molar-refractivity contribution in [2.75, 3.05) is 21.2 Å². The lowest BCUT2D eigenvalue weighted by Gasteiger charge is -2.30. The van der Waals surface area contributed by atoms with Crippen molar-refractivity contribution in [3.05, 3.63) is 0 Å². The van der Waals surface area contributed by atoms with Crippen molar-refractivity contribution >= 4 is 11.9 Å². The summed E-state index contributed by atoms with van der Waals surface area (Å²) in [5.74, 6) is -0.778. The number of nitrogens with zero attached hydrogens (tertiary/aromatic N) is 1. The summed E-state index contributed by atoms with van der Waals surface area (Å²) in [5.41, 5.74) is 5.35. The van der Waals surface area contributed by atoms with Crippen LogP contribution in [0.2, 0.25) is 0 Å². The van der Waals surface area contributed by atoms with Gasteiger partial charge in [0.15, 0.2) is 0 Å². The molecule has 0 aliphatic heterocycles. The summed E-state index contributed by atoms with van der Waals surface area (Å²) in [7, 11) is 4.96. The highest BCUT2D eigenvalue weighted by Gasteiger charge is 2.30. The predicted molar refractivity (Wildman–Crippen MR) is 72.5 cm³/mol. The van der Waals surface area contributed by atoms with E-state index >= 15 is 0 Å². The van der Waals surface area contributed by atoms with E-state index in [2.05, 4.69) is 4.74 Å². The summed E-state index contributed by atoms with van der Waals surface area (Å²) in [4.78, 5) is 24.9. The molecule has 0 fully saturated rings. The summed E-state index contributed by atoms with van der Waals surface area (Å²) >= 11 is 0. The molecule has 0 aliphatic carbocycles. The van der Waals surface area contributed by atoms with Gasteiger partial charge in [-0.3, -0.25) is 9.59 Å². The van der Waals surface area contributed by atoms with Crippen molar-refractivity contribution in [1.29, 1.82) is 0 Å². The van der Waals surface area contributed by atoms with E-state index in [0.29, 0.717) is 6.42 Å². The van der Waals surface area contributed by atoms with Gasteiger partial charge >= 0.3 is 11.9 Å². The molecule has 19 heavy (non-hydrogen) atoms. The highest BCUT2D eigenvalue weighted by molar-refractivity contribution is 5.77. The summed E-state index contributed by atoms with van der Waals surface area (Å²) in [6.07, 6.45) is 0.663. The van der Waals surface area contributed by atoms with Gasteiger partial charge < -0.3 is 20.1 Å². The third-order valence-electron chi connectivity index (χ3n) is 2.63. The van der Waals surface area contributed by atoms with Crippen molar-refractivity contribution in [1.82, 2.24) is 4.90 Å². The maximum Gasteiger partial charge on any atom is 0.325 e. The molecule has 0 aromatic carbocycles. The first-order valence-electron chi connectivity index (χ1n) is 6.30. The van der Waals surface area contributed by atoms with Crippen molar-refractivity contribution in [2.24, 2.45) is 5.73 Å². The molecule has 0 aromatic heterocycles. The van der Waals surface area contributed by atoms with Gasteiger partial charge in [-0.25, -0.2) is 0 Å². The lowest BCUT2D eigenvalue weighted by molar-refractivity contribution is -0.158. The molecule has 0 heterocycles. The van der Waals surface area contributed by atoms with Crippen molar-refractivity contribution in [3.8, 4) is 0 Å². The van der Waals surface area contributed by atoms with Crippen molar-refractivity contribution < 1.29 is 19.1 Å². The lowest BCUT2D eigenvalue weighted by atomic mass is 10.0. The summed E-state index contributed by atoms with van der Waals surface area (Å²) in [5, 5.41) is 0. The maximum absolute atomic E-state index is 11.9. The van der Waals surface area contributed by atoms with Gasteiger partial charge in [-0.1, -0.05) is 0 Å². The quantitative estimate of drug-likeness (QED) is 0.712. The molecule has 0 spiro atoms. The molecule has 0 rings (SSSR count). The van der Waals surface area contributed by atoms with Crippen LogP contribution in [0.4, 0.5) is 0 Å². The minimum Gasteiger partial charge on any atom is -0.469 e. The number of ether oxygens (including phenoxy) is 2. The van der Waals surface area contributed by atoms with E-state index in [0.717, 1.165) is 0 Å². The average molecular weight is 274 g/mol. The van der Waals surface area contributed by atoms with Gasteiger partial charge in [-0.05, 0) is 41.3 Å². The minimum absolute atomic E-state index is 0.218. The van der Waals surface area contributed by atoms with Gasteiger partial charge in [0, 0.05) is 12.5 Å². The Kier molecular flexibility index (Phi) is 7.00. The van der Waals surface area contributed by atoms with Gasteiger partial charge in [0.2, 0.25) is 0 Å². The predicted octanol–water partition coefficient (Wildman–Crippen LogP) is 0.539. The van der Waals surface area contributed by atoms with Gasteiger partial charge in [-0.2, -0.15) is 0 Å². The number of carbonyl (C=O) groups is 2. The monoisotopic (exact) mass is 274 g/mol. The fraction of sp³-hybridized carbons (Fsp3) is 0.846. The third kappa shape index (κ3) is 7.12. The number of esters is 2. The molecule has 0 unspecified atom stereocenters. The number of hydrogen-bond acceptors (Lipinski definition) is 6. The van der Waals surface area contributed by atoms with Crippen LogP contribution in [0.25, 0.3) is 0 Å². The lowest BCUT2D eigenvalue weighted by Crippen LogP contribution is -2.51. The Bertz CT molecular complexity index is 310. The second-order valence-corrected chi connectivity index (χ2v) is 5.71. The van der Waals surface area contributed by atoms with Gasteiger partial charge in [0.05, 0.1) is 7.11 Å². The first-order chi connectivity index (χ1) is 8.58. The Balaban J connectivity index is 4.61. The molecule has 2 N–H and O–H groups in total. The van der Waals surface area contributed by atoms with Crippen LogP contribution in [0.3, 0.4) is 0 Å². The summed E-state index contributed by atoms with van der Waals surface area (Å²) in [6.45, 7) is 5.37. The fourth-order valence-corrected chi connectivity index (χ4v) is 1.65. The molecule has 0 radical (unpaired) electrons. The topological polar surface area (TPSA) is 81.9 Å². The van der Waals surface area contributed by atoms with E-state index < -0.39 is 17.6 Å². The van der Waals surface area contributed by atoms with Crippen LogP contribution in [0.1, 0.15) is 33.6 Å². The van der Waals surface area contributed by atoms with Crippen LogP contribution in [0.15, 0.2) is 0 Å². The summed E-state index contributed by atoms with van der Waals surface area (Å²) < 4.78 is 9.84. The Morgan fingerprint density at radius 2 is 1.79 bits per heavy atom. The Labute approximate surface area is 115 Å². The zero-order chi connectivity index (χ0) is 15.2.